The van der Waals surface area contributed by atoms with Gasteiger partial charge in [-0.25, -0.2) is 0 Å². The molecule has 2 saturated carbocycles. The Morgan fingerprint density at radius 1 is 1.05 bits per heavy atom. The van der Waals surface area contributed by atoms with Crippen LogP contribution >= 0.6 is 22.6 Å². The fourth-order valence-electron chi connectivity index (χ4n) is 5.26. The van der Waals surface area contributed by atoms with E-state index >= 15 is 0 Å². The molecule has 2 unspecified atom stereocenters. The summed E-state index contributed by atoms with van der Waals surface area (Å²) in [6.07, 6.45) is 11.5. The molecule has 4 rings (SSSR count). The van der Waals surface area contributed by atoms with Gasteiger partial charge < -0.3 is 4.74 Å². The topological polar surface area (TPSA) is 29.5 Å². The third kappa shape index (κ3) is 2.94. The van der Waals surface area contributed by atoms with Gasteiger partial charge in [0, 0.05) is 16.0 Å². The molecule has 124 valence electrons. The summed E-state index contributed by atoms with van der Waals surface area (Å²) in [6.45, 7) is 0. The van der Waals surface area contributed by atoms with Crippen LogP contribution in [0.5, 0.6) is 0 Å². The first kappa shape index (κ1) is 15.7. The minimum absolute atomic E-state index is 0.140. The molecular formula is C18H28INO2. The van der Waals surface area contributed by atoms with E-state index in [2.05, 4.69) is 34.5 Å². The maximum Gasteiger partial charge on any atom is 0.311 e. The molecule has 0 aromatic heterocycles. The van der Waals surface area contributed by atoms with Crippen LogP contribution in [-0.2, 0) is 9.53 Å². The Kier molecular flexibility index (Phi) is 4.44. The van der Waals surface area contributed by atoms with Crippen LogP contribution in [0.25, 0.3) is 0 Å². The number of fused-ring (bicyclic) bond motifs is 2. The molecule has 0 spiro atoms. The highest BCUT2D eigenvalue weighted by Gasteiger charge is 2.52. The first-order valence-electron chi connectivity index (χ1n) is 9.20. The number of carbonyl (C=O) groups is 1. The molecule has 2 aliphatic carbocycles. The normalized spacial score (nSPS) is 45.7. The molecule has 4 aliphatic rings. The van der Waals surface area contributed by atoms with Crippen LogP contribution in [0.1, 0.15) is 57.8 Å². The van der Waals surface area contributed by atoms with Crippen molar-refractivity contribution >= 4 is 28.6 Å². The van der Waals surface area contributed by atoms with Crippen molar-refractivity contribution in [2.24, 2.45) is 17.8 Å². The predicted molar refractivity (Wildman–Crippen MR) is 95.1 cm³/mol. The van der Waals surface area contributed by atoms with Crippen molar-refractivity contribution in [2.75, 3.05) is 7.05 Å². The standard InChI is InChI=1S/C18H28INO2/c1-20-13-6-9-16(20)17(18(21)22-14-7-8-14)15(10-13)11-2-4-12(19)5-3-11/h11-17H,2-10H2,1H3/t11?,12?,13-,15-,16?,17?/m1/s1. The van der Waals surface area contributed by atoms with Gasteiger partial charge in [-0.3, -0.25) is 9.69 Å². The number of hydrogen-bond acceptors (Lipinski definition) is 3. The van der Waals surface area contributed by atoms with E-state index in [0.29, 0.717) is 12.0 Å². The monoisotopic (exact) mass is 417 g/mol. The molecule has 0 aromatic carbocycles. The van der Waals surface area contributed by atoms with Gasteiger partial charge in [-0.2, -0.15) is 0 Å². The van der Waals surface area contributed by atoms with Gasteiger partial charge in [0.05, 0.1) is 5.92 Å². The Labute approximate surface area is 147 Å². The summed E-state index contributed by atoms with van der Waals surface area (Å²) in [4.78, 5) is 15.3. The lowest BCUT2D eigenvalue weighted by Gasteiger charge is -2.46. The van der Waals surface area contributed by atoms with E-state index in [9.17, 15) is 4.79 Å². The van der Waals surface area contributed by atoms with Gasteiger partial charge in [0.25, 0.3) is 0 Å². The van der Waals surface area contributed by atoms with Gasteiger partial charge in [0.2, 0.25) is 0 Å². The molecular weight excluding hydrogens is 389 g/mol. The Balaban J connectivity index is 1.52. The number of esters is 1. The molecule has 4 atom stereocenters. The number of hydrogen-bond donors (Lipinski definition) is 0. The summed E-state index contributed by atoms with van der Waals surface area (Å²) >= 11 is 2.60. The van der Waals surface area contributed by atoms with Crippen LogP contribution in [0.4, 0.5) is 0 Å². The lowest BCUT2D eigenvalue weighted by molar-refractivity contribution is -0.158. The molecule has 2 heterocycles. The van der Waals surface area contributed by atoms with Gasteiger partial charge in [0.1, 0.15) is 6.10 Å². The zero-order valence-electron chi connectivity index (χ0n) is 13.5. The highest BCUT2D eigenvalue weighted by Crippen LogP contribution is 2.49. The minimum Gasteiger partial charge on any atom is -0.462 e. The second kappa shape index (κ2) is 6.23. The van der Waals surface area contributed by atoms with Crippen molar-refractivity contribution < 1.29 is 9.53 Å². The molecule has 0 N–H and O–H groups in total. The van der Waals surface area contributed by atoms with Crippen molar-refractivity contribution in [1.29, 1.82) is 0 Å². The molecule has 2 saturated heterocycles. The highest BCUT2D eigenvalue weighted by atomic mass is 127. The third-order valence-electron chi connectivity index (χ3n) is 6.70. The molecule has 0 amide bonds. The van der Waals surface area contributed by atoms with E-state index in [1.54, 1.807) is 0 Å². The van der Waals surface area contributed by atoms with Crippen LogP contribution < -0.4 is 0 Å². The van der Waals surface area contributed by atoms with Crippen LogP contribution in [-0.4, -0.2) is 40.0 Å². The summed E-state index contributed by atoms with van der Waals surface area (Å²) in [5, 5.41) is 0. The fourth-order valence-corrected chi connectivity index (χ4v) is 5.98. The van der Waals surface area contributed by atoms with E-state index in [1.807, 2.05) is 0 Å². The Bertz CT molecular complexity index is 431. The zero-order valence-corrected chi connectivity index (χ0v) is 15.7. The maximum atomic E-state index is 12.8. The number of ether oxygens (including phenoxy) is 1. The third-order valence-corrected chi connectivity index (χ3v) is 7.95. The summed E-state index contributed by atoms with van der Waals surface area (Å²) < 4.78 is 6.63. The lowest BCUT2D eigenvalue weighted by Crippen LogP contribution is -2.52. The van der Waals surface area contributed by atoms with Crippen molar-refractivity contribution in [3.05, 3.63) is 0 Å². The van der Waals surface area contributed by atoms with E-state index in [1.165, 1.54) is 44.9 Å². The molecule has 0 radical (unpaired) electrons. The molecule has 4 fully saturated rings. The first-order chi connectivity index (χ1) is 10.6. The van der Waals surface area contributed by atoms with Gasteiger partial charge in [-0.05, 0) is 76.7 Å². The number of nitrogens with zero attached hydrogens (tertiary/aromatic N) is 1. The number of alkyl halides is 1. The predicted octanol–water partition coefficient (Wildman–Crippen LogP) is 3.78. The SMILES string of the molecule is CN1C2CC[C@@H]1C[C@H](C1CCC(I)CC1)C2C(=O)OC1CC1. The Morgan fingerprint density at radius 3 is 2.45 bits per heavy atom. The Hall–Kier alpha value is 0.160. The molecule has 2 aliphatic heterocycles. The summed E-state index contributed by atoms with van der Waals surface area (Å²) in [5.74, 6) is 1.64. The number of piperidine rings is 1. The average molecular weight is 417 g/mol. The summed E-state index contributed by atoms with van der Waals surface area (Å²) in [7, 11) is 2.23. The summed E-state index contributed by atoms with van der Waals surface area (Å²) in [5.41, 5.74) is 0. The van der Waals surface area contributed by atoms with E-state index in [4.69, 9.17) is 4.74 Å². The highest BCUT2D eigenvalue weighted by molar-refractivity contribution is 14.1. The van der Waals surface area contributed by atoms with Crippen LogP contribution in [0.15, 0.2) is 0 Å². The van der Waals surface area contributed by atoms with Gasteiger partial charge in [-0.15, -0.1) is 0 Å². The lowest BCUT2D eigenvalue weighted by atomic mass is 9.68. The first-order valence-corrected chi connectivity index (χ1v) is 10.4. The minimum atomic E-state index is 0.140. The van der Waals surface area contributed by atoms with Crippen LogP contribution in [0.3, 0.4) is 0 Å². The van der Waals surface area contributed by atoms with E-state index < -0.39 is 0 Å². The quantitative estimate of drug-likeness (QED) is 0.398. The fraction of sp³-hybridized carbons (Fsp3) is 0.944. The van der Waals surface area contributed by atoms with Crippen molar-refractivity contribution in [2.45, 2.75) is 79.9 Å². The number of carbonyl (C=O) groups excluding carboxylic acids is 1. The molecule has 4 heteroatoms. The number of halogens is 1. The number of rotatable bonds is 3. The maximum absolute atomic E-state index is 12.8. The Morgan fingerprint density at radius 2 is 1.77 bits per heavy atom. The van der Waals surface area contributed by atoms with Gasteiger partial charge in [-0.1, -0.05) is 22.6 Å². The average Bonchev–Trinajstić information content (AvgIpc) is 3.27. The van der Waals surface area contributed by atoms with E-state index in [-0.39, 0.29) is 18.0 Å². The molecule has 2 bridgehead atoms. The zero-order chi connectivity index (χ0) is 15.3. The summed E-state index contributed by atoms with van der Waals surface area (Å²) in [6, 6.07) is 1.17. The van der Waals surface area contributed by atoms with Gasteiger partial charge in [0.15, 0.2) is 0 Å². The smallest absolute Gasteiger partial charge is 0.311 e. The molecule has 22 heavy (non-hydrogen) atoms. The van der Waals surface area contributed by atoms with Crippen molar-refractivity contribution in [1.82, 2.24) is 4.90 Å². The van der Waals surface area contributed by atoms with Crippen molar-refractivity contribution in [3.63, 3.8) is 0 Å². The second-order valence-electron chi connectivity index (χ2n) is 8.04. The second-order valence-corrected chi connectivity index (χ2v) is 9.80. The van der Waals surface area contributed by atoms with Crippen LogP contribution in [0, 0.1) is 17.8 Å². The van der Waals surface area contributed by atoms with Crippen LogP contribution in [0.2, 0.25) is 0 Å². The van der Waals surface area contributed by atoms with Gasteiger partial charge >= 0.3 is 5.97 Å². The van der Waals surface area contributed by atoms with Crippen molar-refractivity contribution in [3.8, 4) is 0 Å². The van der Waals surface area contributed by atoms with E-state index in [0.717, 1.165) is 28.7 Å². The largest absolute Gasteiger partial charge is 0.462 e. The molecule has 0 aromatic rings. The molecule has 3 nitrogen and oxygen atoms in total.